The number of thioether (sulfide) groups is 1. The summed E-state index contributed by atoms with van der Waals surface area (Å²) in [5, 5.41) is 12.1. The molecule has 0 saturated carbocycles. The third-order valence-electron chi connectivity index (χ3n) is 2.03. The van der Waals surface area contributed by atoms with E-state index in [9.17, 15) is 0 Å². The molecule has 2 aromatic heterocycles. The second kappa shape index (κ2) is 6.92. The van der Waals surface area contributed by atoms with Crippen LogP contribution < -0.4 is 11.1 Å². The van der Waals surface area contributed by atoms with Gasteiger partial charge in [-0.3, -0.25) is 0 Å². The van der Waals surface area contributed by atoms with Crippen LogP contribution in [0.4, 0.5) is 11.8 Å². The van der Waals surface area contributed by atoms with Gasteiger partial charge in [0.05, 0.1) is 0 Å². The number of rotatable bonds is 6. The van der Waals surface area contributed by atoms with Crippen LogP contribution in [0.1, 0.15) is 13.3 Å². The number of nitrogens with two attached hydrogens (primary N) is 1. The lowest BCUT2D eigenvalue weighted by Crippen LogP contribution is -2.05. The Labute approximate surface area is 124 Å². The molecule has 0 fully saturated rings. The molecule has 6 nitrogen and oxygen atoms in total. The summed E-state index contributed by atoms with van der Waals surface area (Å²) in [7, 11) is 0. The average molecular weight is 314 g/mol. The number of aromatic nitrogens is 4. The molecule has 0 spiro atoms. The summed E-state index contributed by atoms with van der Waals surface area (Å²) in [4.78, 5) is 8.33. The first kappa shape index (κ1) is 14.4. The molecule has 0 aliphatic heterocycles. The summed E-state index contributed by atoms with van der Waals surface area (Å²) in [5.41, 5.74) is 5.70. The minimum atomic E-state index is 0.262. The molecule has 2 aromatic rings. The number of hydrogen-bond acceptors (Lipinski definition) is 9. The molecular formula is C10H14N6S3. The normalized spacial score (nSPS) is 10.6. The van der Waals surface area contributed by atoms with E-state index in [0.29, 0.717) is 0 Å². The van der Waals surface area contributed by atoms with E-state index in [1.807, 2.05) is 12.3 Å². The zero-order valence-corrected chi connectivity index (χ0v) is 13.0. The lowest BCUT2D eigenvalue weighted by molar-refractivity contribution is 0.947. The predicted octanol–water partition coefficient (Wildman–Crippen LogP) is 2.61. The highest BCUT2D eigenvalue weighted by Gasteiger charge is 2.08. The van der Waals surface area contributed by atoms with E-state index in [0.717, 1.165) is 32.5 Å². The molecule has 0 aliphatic rings. The van der Waals surface area contributed by atoms with Crippen LogP contribution in [-0.2, 0) is 0 Å². The maximum absolute atomic E-state index is 5.70. The van der Waals surface area contributed by atoms with Gasteiger partial charge < -0.3 is 11.1 Å². The molecule has 0 bridgehead atoms. The van der Waals surface area contributed by atoms with Crippen LogP contribution in [-0.4, -0.2) is 33.0 Å². The van der Waals surface area contributed by atoms with Crippen LogP contribution in [0.5, 0.6) is 0 Å². The monoisotopic (exact) mass is 314 g/mol. The molecule has 0 atom stereocenters. The number of anilines is 2. The minimum absolute atomic E-state index is 0.262. The van der Waals surface area contributed by atoms with Crippen LogP contribution >= 0.6 is 34.9 Å². The van der Waals surface area contributed by atoms with Gasteiger partial charge in [0.25, 0.3) is 0 Å². The van der Waals surface area contributed by atoms with Gasteiger partial charge in [-0.15, -0.1) is 10.2 Å². The minimum Gasteiger partial charge on any atom is -0.370 e. The Balaban J connectivity index is 2.12. The Morgan fingerprint density at radius 1 is 1.32 bits per heavy atom. The Morgan fingerprint density at radius 2 is 2.11 bits per heavy atom. The van der Waals surface area contributed by atoms with Gasteiger partial charge in [0.1, 0.15) is 10.8 Å². The van der Waals surface area contributed by atoms with Gasteiger partial charge in [-0.25, -0.2) is 4.98 Å². The van der Waals surface area contributed by atoms with E-state index in [2.05, 4.69) is 32.4 Å². The maximum atomic E-state index is 5.70. The van der Waals surface area contributed by atoms with E-state index < -0.39 is 0 Å². The highest BCUT2D eigenvalue weighted by molar-refractivity contribution is 8.02. The van der Waals surface area contributed by atoms with Crippen molar-refractivity contribution in [2.24, 2.45) is 0 Å². The number of nitrogens with zero attached hydrogens (tertiary/aromatic N) is 4. The lowest BCUT2D eigenvalue weighted by atomic mass is 10.4. The van der Waals surface area contributed by atoms with Crippen LogP contribution in [0.3, 0.4) is 0 Å². The Hall–Kier alpha value is -1.06. The zero-order chi connectivity index (χ0) is 13.7. The van der Waals surface area contributed by atoms with Crippen LogP contribution in [0.15, 0.2) is 19.8 Å². The molecule has 0 unspecified atom stereocenters. The van der Waals surface area contributed by atoms with Crippen molar-refractivity contribution >= 4 is 46.6 Å². The molecule has 102 valence electrons. The fraction of sp³-hybridized carbons (Fsp3) is 0.400. The van der Waals surface area contributed by atoms with Gasteiger partial charge in [-0.05, 0) is 24.4 Å². The molecule has 19 heavy (non-hydrogen) atoms. The van der Waals surface area contributed by atoms with E-state index in [-0.39, 0.29) is 5.95 Å². The predicted molar refractivity (Wildman–Crippen MR) is 81.0 cm³/mol. The van der Waals surface area contributed by atoms with E-state index in [1.165, 1.54) is 23.1 Å². The van der Waals surface area contributed by atoms with Crippen LogP contribution in [0, 0.1) is 0 Å². The first-order chi connectivity index (χ1) is 9.21. The Bertz CT molecular complexity index is 544. The van der Waals surface area contributed by atoms with Crippen molar-refractivity contribution in [3.05, 3.63) is 6.07 Å². The van der Waals surface area contributed by atoms with Gasteiger partial charge >= 0.3 is 0 Å². The molecule has 3 N–H and O–H groups in total. The second-order valence-electron chi connectivity index (χ2n) is 3.52. The Kier molecular flexibility index (Phi) is 5.23. The number of nitrogen functional groups attached to an aromatic ring is 1. The number of hydrogen-bond donors (Lipinski definition) is 2. The summed E-state index contributed by atoms with van der Waals surface area (Å²) in [6, 6.07) is 1.87. The first-order valence-corrected chi connectivity index (χ1v) is 8.50. The lowest BCUT2D eigenvalue weighted by Gasteiger charge is -2.05. The van der Waals surface area contributed by atoms with Gasteiger partial charge in [0.15, 0.2) is 8.68 Å². The maximum Gasteiger partial charge on any atom is 0.223 e. The SMILES string of the molecule is CCCNc1cc(Sc2nnc(SC)s2)nc(N)n1. The summed E-state index contributed by atoms with van der Waals surface area (Å²) in [5.74, 6) is 1.00. The smallest absolute Gasteiger partial charge is 0.223 e. The quantitative estimate of drug-likeness (QED) is 0.621. The van der Waals surface area contributed by atoms with E-state index in [1.54, 1.807) is 11.8 Å². The van der Waals surface area contributed by atoms with Crippen molar-refractivity contribution in [3.63, 3.8) is 0 Å². The van der Waals surface area contributed by atoms with Crippen molar-refractivity contribution in [1.82, 2.24) is 20.2 Å². The summed E-state index contributed by atoms with van der Waals surface area (Å²) < 4.78 is 1.79. The van der Waals surface area contributed by atoms with Crippen LogP contribution in [0.25, 0.3) is 0 Å². The van der Waals surface area contributed by atoms with Crippen LogP contribution in [0.2, 0.25) is 0 Å². The topological polar surface area (TPSA) is 89.6 Å². The van der Waals surface area contributed by atoms with Crippen molar-refractivity contribution in [2.45, 2.75) is 27.0 Å². The molecule has 2 heterocycles. The standard InChI is InChI=1S/C10H14N6S3/c1-3-4-12-6-5-7(14-8(11)13-6)18-10-16-15-9(17-2)19-10/h5H,3-4H2,1-2H3,(H3,11,12,13,14). The highest BCUT2D eigenvalue weighted by Crippen LogP contribution is 2.32. The van der Waals surface area contributed by atoms with E-state index in [4.69, 9.17) is 5.73 Å². The average Bonchev–Trinajstić information content (AvgIpc) is 2.83. The second-order valence-corrected chi connectivity index (χ2v) is 6.81. The summed E-state index contributed by atoms with van der Waals surface area (Å²) in [6.45, 7) is 2.95. The molecule has 0 saturated heterocycles. The largest absolute Gasteiger partial charge is 0.370 e. The highest BCUT2D eigenvalue weighted by atomic mass is 32.2. The third-order valence-corrected chi connectivity index (χ3v) is 4.90. The summed E-state index contributed by atoms with van der Waals surface area (Å²) in [6.07, 6.45) is 3.00. The molecule has 2 rings (SSSR count). The van der Waals surface area contributed by atoms with Crippen molar-refractivity contribution in [2.75, 3.05) is 23.9 Å². The zero-order valence-electron chi connectivity index (χ0n) is 10.6. The van der Waals surface area contributed by atoms with Gasteiger partial charge in [-0.2, -0.15) is 4.98 Å². The van der Waals surface area contributed by atoms with Gasteiger partial charge in [0.2, 0.25) is 5.95 Å². The number of nitrogens with one attached hydrogen (secondary N) is 1. The fourth-order valence-corrected chi connectivity index (χ4v) is 3.64. The molecular weight excluding hydrogens is 300 g/mol. The van der Waals surface area contributed by atoms with Crippen molar-refractivity contribution < 1.29 is 0 Å². The van der Waals surface area contributed by atoms with Gasteiger partial charge in [0, 0.05) is 12.6 Å². The van der Waals surface area contributed by atoms with Crippen molar-refractivity contribution in [1.29, 1.82) is 0 Å². The molecule has 0 aliphatic carbocycles. The molecule has 0 radical (unpaired) electrons. The molecule has 9 heteroatoms. The molecule has 0 aromatic carbocycles. The van der Waals surface area contributed by atoms with Gasteiger partial charge in [-0.1, -0.05) is 30.0 Å². The molecule has 0 amide bonds. The Morgan fingerprint density at radius 3 is 2.79 bits per heavy atom. The van der Waals surface area contributed by atoms with E-state index >= 15 is 0 Å². The first-order valence-electron chi connectivity index (χ1n) is 5.65. The third kappa shape index (κ3) is 4.22. The fourth-order valence-electron chi connectivity index (χ4n) is 1.25. The summed E-state index contributed by atoms with van der Waals surface area (Å²) >= 11 is 4.56. The van der Waals surface area contributed by atoms with Crippen molar-refractivity contribution in [3.8, 4) is 0 Å².